The molecule has 0 aliphatic carbocycles. The Morgan fingerprint density at radius 1 is 0.933 bits per heavy atom. The van der Waals surface area contributed by atoms with Crippen LogP contribution in [0.3, 0.4) is 0 Å². The van der Waals surface area contributed by atoms with Gasteiger partial charge in [-0.05, 0) is 29.7 Å². The lowest BCUT2D eigenvalue weighted by Crippen LogP contribution is -2.37. The first-order chi connectivity index (χ1) is 14.6. The minimum Gasteiger partial charge on any atom is -0.493 e. The lowest BCUT2D eigenvalue weighted by molar-refractivity contribution is -0.134. The number of benzene rings is 2. The van der Waals surface area contributed by atoms with Gasteiger partial charge in [-0.2, -0.15) is 0 Å². The zero-order valence-electron chi connectivity index (χ0n) is 17.3. The van der Waals surface area contributed by atoms with Crippen molar-refractivity contribution in [1.82, 2.24) is 4.90 Å². The summed E-state index contributed by atoms with van der Waals surface area (Å²) in [5, 5.41) is 0. The number of carbonyl (C=O) groups excluding carboxylic acids is 2. The van der Waals surface area contributed by atoms with E-state index in [-0.39, 0.29) is 29.6 Å². The van der Waals surface area contributed by atoms with Gasteiger partial charge in [0.05, 0.1) is 21.3 Å². The molecule has 0 fully saturated rings. The maximum absolute atomic E-state index is 12.5. The second-order valence-corrected chi connectivity index (χ2v) is 6.64. The zero-order valence-corrected chi connectivity index (χ0v) is 17.3. The van der Waals surface area contributed by atoms with Gasteiger partial charge >= 0.3 is 5.97 Å². The van der Waals surface area contributed by atoms with Gasteiger partial charge in [0, 0.05) is 13.1 Å². The van der Waals surface area contributed by atoms with E-state index in [4.69, 9.17) is 18.9 Å². The zero-order chi connectivity index (χ0) is 21.5. The molecule has 0 spiro atoms. The van der Waals surface area contributed by atoms with Gasteiger partial charge in [0.25, 0.3) is 5.91 Å². The maximum atomic E-state index is 12.5. The average molecular weight is 411 g/mol. The van der Waals surface area contributed by atoms with Crippen molar-refractivity contribution < 1.29 is 28.5 Å². The van der Waals surface area contributed by atoms with E-state index in [2.05, 4.69) is 12.1 Å². The Labute approximate surface area is 175 Å². The molecule has 7 nitrogen and oxygen atoms in total. The predicted octanol–water partition coefficient (Wildman–Crippen LogP) is 3.19. The van der Waals surface area contributed by atoms with Crippen LogP contribution >= 0.6 is 0 Å². The molecule has 1 amide bonds. The number of hydrogen-bond donors (Lipinski definition) is 0. The molecule has 3 rings (SSSR count). The summed E-state index contributed by atoms with van der Waals surface area (Å²) < 4.78 is 21.0. The number of rotatable bonds is 7. The van der Waals surface area contributed by atoms with Crippen LogP contribution in [0.2, 0.25) is 0 Å². The second-order valence-electron chi connectivity index (χ2n) is 6.64. The Morgan fingerprint density at radius 2 is 1.67 bits per heavy atom. The van der Waals surface area contributed by atoms with Crippen LogP contribution in [0.4, 0.5) is 0 Å². The fourth-order valence-electron chi connectivity index (χ4n) is 3.37. The Balaban J connectivity index is 1.62. The number of hydrogen-bond acceptors (Lipinski definition) is 6. The van der Waals surface area contributed by atoms with Crippen molar-refractivity contribution in [2.75, 3.05) is 41.0 Å². The van der Waals surface area contributed by atoms with Crippen molar-refractivity contribution in [2.45, 2.75) is 6.42 Å². The largest absolute Gasteiger partial charge is 0.493 e. The first-order valence-electron chi connectivity index (χ1n) is 9.57. The van der Waals surface area contributed by atoms with Gasteiger partial charge in [0.15, 0.2) is 18.1 Å². The third kappa shape index (κ3) is 4.56. The van der Waals surface area contributed by atoms with Crippen molar-refractivity contribution in [2.24, 2.45) is 0 Å². The van der Waals surface area contributed by atoms with Crippen LogP contribution in [0.25, 0.3) is 5.57 Å². The standard InChI is InChI=1S/C23H25NO6/c1-27-19-10-9-18(21(28-2)22(19)29-3)23(26)30-15-20(25)24-13-11-17(12-14-24)16-7-5-4-6-8-16/h4-11H,12-15H2,1-3H3. The molecule has 1 aliphatic rings. The quantitative estimate of drug-likeness (QED) is 0.652. The molecule has 2 aromatic rings. The van der Waals surface area contributed by atoms with Crippen molar-refractivity contribution >= 4 is 17.4 Å². The van der Waals surface area contributed by atoms with Crippen LogP contribution in [0.1, 0.15) is 22.3 Å². The summed E-state index contributed by atoms with van der Waals surface area (Å²) in [6, 6.07) is 13.2. The summed E-state index contributed by atoms with van der Waals surface area (Å²) in [6.07, 6.45) is 2.79. The number of ether oxygens (including phenoxy) is 4. The van der Waals surface area contributed by atoms with E-state index < -0.39 is 5.97 Å². The van der Waals surface area contributed by atoms with Crippen LogP contribution < -0.4 is 14.2 Å². The van der Waals surface area contributed by atoms with E-state index in [1.807, 2.05) is 24.3 Å². The summed E-state index contributed by atoms with van der Waals surface area (Å²) in [5.41, 5.74) is 2.54. The van der Waals surface area contributed by atoms with Crippen LogP contribution in [-0.2, 0) is 9.53 Å². The van der Waals surface area contributed by atoms with Gasteiger partial charge in [-0.25, -0.2) is 4.79 Å². The van der Waals surface area contributed by atoms with Crippen molar-refractivity contribution in [3.05, 3.63) is 59.7 Å². The Kier molecular flexibility index (Phi) is 6.95. The van der Waals surface area contributed by atoms with Crippen LogP contribution in [0, 0.1) is 0 Å². The molecule has 1 heterocycles. The summed E-state index contributed by atoms with van der Waals surface area (Å²) in [4.78, 5) is 26.7. The van der Waals surface area contributed by atoms with E-state index >= 15 is 0 Å². The van der Waals surface area contributed by atoms with E-state index in [0.29, 0.717) is 18.8 Å². The molecule has 0 radical (unpaired) electrons. The number of nitrogens with zero attached hydrogens (tertiary/aromatic N) is 1. The summed E-state index contributed by atoms with van der Waals surface area (Å²) >= 11 is 0. The van der Waals surface area contributed by atoms with Gasteiger partial charge in [-0.3, -0.25) is 4.79 Å². The van der Waals surface area contributed by atoms with E-state index in [1.54, 1.807) is 11.0 Å². The lowest BCUT2D eigenvalue weighted by atomic mass is 10.00. The molecule has 0 bridgehead atoms. The Bertz CT molecular complexity index is 938. The monoisotopic (exact) mass is 411 g/mol. The van der Waals surface area contributed by atoms with Gasteiger partial charge in [0.1, 0.15) is 5.56 Å². The molecule has 0 saturated heterocycles. The first-order valence-corrected chi connectivity index (χ1v) is 9.57. The normalized spacial score (nSPS) is 13.3. The molecule has 2 aromatic carbocycles. The highest BCUT2D eigenvalue weighted by Crippen LogP contribution is 2.39. The fraction of sp³-hybridized carbons (Fsp3) is 0.304. The third-order valence-electron chi connectivity index (χ3n) is 4.96. The molecule has 0 N–H and O–H groups in total. The first kappa shape index (κ1) is 21.2. The lowest BCUT2D eigenvalue weighted by Gasteiger charge is -2.26. The molecule has 0 aromatic heterocycles. The maximum Gasteiger partial charge on any atom is 0.342 e. The molecule has 1 aliphatic heterocycles. The van der Waals surface area contributed by atoms with Crippen molar-refractivity contribution in [3.8, 4) is 17.2 Å². The van der Waals surface area contributed by atoms with E-state index in [1.165, 1.54) is 33.0 Å². The molecule has 0 unspecified atom stereocenters. The Morgan fingerprint density at radius 3 is 2.27 bits per heavy atom. The highest BCUT2D eigenvalue weighted by atomic mass is 16.5. The number of methoxy groups -OCH3 is 3. The Hall–Kier alpha value is -3.48. The van der Waals surface area contributed by atoms with Gasteiger partial charge in [-0.15, -0.1) is 0 Å². The molecular weight excluding hydrogens is 386 g/mol. The van der Waals surface area contributed by atoms with Gasteiger partial charge < -0.3 is 23.8 Å². The van der Waals surface area contributed by atoms with Gasteiger partial charge in [-0.1, -0.05) is 36.4 Å². The fourth-order valence-corrected chi connectivity index (χ4v) is 3.37. The molecular formula is C23H25NO6. The summed E-state index contributed by atoms with van der Waals surface area (Å²) in [6.45, 7) is 0.724. The van der Waals surface area contributed by atoms with E-state index in [9.17, 15) is 9.59 Å². The minimum atomic E-state index is -0.668. The van der Waals surface area contributed by atoms with E-state index in [0.717, 1.165) is 12.0 Å². The highest BCUT2D eigenvalue weighted by molar-refractivity contribution is 5.95. The number of amides is 1. The average Bonchev–Trinajstić information content (AvgIpc) is 2.81. The third-order valence-corrected chi connectivity index (χ3v) is 4.96. The molecule has 158 valence electrons. The molecule has 7 heteroatoms. The number of carbonyl (C=O) groups is 2. The smallest absolute Gasteiger partial charge is 0.342 e. The van der Waals surface area contributed by atoms with Crippen molar-refractivity contribution in [3.63, 3.8) is 0 Å². The van der Waals surface area contributed by atoms with Crippen LogP contribution in [0.5, 0.6) is 17.2 Å². The van der Waals surface area contributed by atoms with Crippen LogP contribution in [-0.4, -0.2) is 57.8 Å². The molecule has 0 saturated carbocycles. The van der Waals surface area contributed by atoms with Crippen molar-refractivity contribution in [1.29, 1.82) is 0 Å². The van der Waals surface area contributed by atoms with Gasteiger partial charge in [0.2, 0.25) is 5.75 Å². The van der Waals surface area contributed by atoms with Crippen LogP contribution in [0.15, 0.2) is 48.5 Å². The molecule has 0 atom stereocenters. The summed E-state index contributed by atoms with van der Waals surface area (Å²) in [5.74, 6) is -0.000715. The predicted molar refractivity (Wildman–Crippen MR) is 112 cm³/mol. The number of esters is 1. The summed E-state index contributed by atoms with van der Waals surface area (Å²) in [7, 11) is 4.36. The molecule has 30 heavy (non-hydrogen) atoms. The highest BCUT2D eigenvalue weighted by Gasteiger charge is 2.24. The minimum absolute atomic E-state index is 0.160. The second kappa shape index (κ2) is 9.82. The topological polar surface area (TPSA) is 74.3 Å². The SMILES string of the molecule is COc1ccc(C(=O)OCC(=O)N2CC=C(c3ccccc3)CC2)c(OC)c1OC.